The van der Waals surface area contributed by atoms with Gasteiger partial charge in [0.05, 0.1) is 17.3 Å². The number of fused-ring (bicyclic) bond motifs is 1. The fraction of sp³-hybridized carbons (Fsp3) is 0.438. The third kappa shape index (κ3) is 3.84. The van der Waals surface area contributed by atoms with Crippen molar-refractivity contribution in [2.75, 3.05) is 0 Å². The van der Waals surface area contributed by atoms with E-state index in [1.54, 1.807) is 18.3 Å². The molecule has 0 radical (unpaired) electrons. The Morgan fingerprint density at radius 1 is 1.36 bits per heavy atom. The predicted molar refractivity (Wildman–Crippen MR) is 83.7 cm³/mol. The van der Waals surface area contributed by atoms with E-state index in [0.717, 1.165) is 5.39 Å². The Bertz CT molecular complexity index is 685. The molecule has 0 aliphatic rings. The zero-order chi connectivity index (χ0) is 16.3. The number of carbonyl (C=O) groups is 2. The van der Waals surface area contributed by atoms with Gasteiger partial charge in [0.2, 0.25) is 0 Å². The number of hydrogen-bond donors (Lipinski definition) is 3. The van der Waals surface area contributed by atoms with Crippen molar-refractivity contribution in [3.05, 3.63) is 30.0 Å². The first-order valence-electron chi connectivity index (χ1n) is 7.24. The Morgan fingerprint density at radius 3 is 2.73 bits per heavy atom. The zero-order valence-corrected chi connectivity index (χ0v) is 13.0. The average molecular weight is 303 g/mol. The minimum Gasteiger partial charge on any atom is -0.480 e. The first-order valence-corrected chi connectivity index (χ1v) is 7.24. The Hall–Kier alpha value is -2.37. The van der Waals surface area contributed by atoms with Crippen molar-refractivity contribution in [1.82, 2.24) is 15.5 Å². The highest BCUT2D eigenvalue weighted by molar-refractivity contribution is 6.06. The van der Waals surface area contributed by atoms with Gasteiger partial charge in [-0.05, 0) is 24.3 Å². The zero-order valence-electron chi connectivity index (χ0n) is 13.0. The second-order valence-corrected chi connectivity index (χ2v) is 6.60. The maximum atomic E-state index is 12.4. The molecule has 1 heterocycles. The molecule has 0 fully saturated rings. The molecule has 118 valence electrons. The molecule has 1 amide bonds. The molecule has 3 N–H and O–H groups in total. The molecule has 0 saturated carbocycles. The van der Waals surface area contributed by atoms with Gasteiger partial charge in [0.15, 0.2) is 0 Å². The molecule has 0 aliphatic carbocycles. The number of carbonyl (C=O) groups excluding carboxylic acids is 1. The molecule has 2 aromatic rings. The topological polar surface area (TPSA) is 95.1 Å². The number of aliphatic carboxylic acids is 1. The lowest BCUT2D eigenvalue weighted by Gasteiger charge is -2.21. The molecule has 22 heavy (non-hydrogen) atoms. The number of aromatic nitrogens is 2. The second-order valence-electron chi connectivity index (χ2n) is 6.60. The second kappa shape index (κ2) is 6.17. The van der Waals surface area contributed by atoms with Crippen LogP contribution in [0.1, 0.15) is 44.0 Å². The minimum atomic E-state index is -1.02. The first kappa shape index (κ1) is 16.0. The normalized spacial score (nSPS) is 13.0. The van der Waals surface area contributed by atoms with Crippen molar-refractivity contribution in [3.8, 4) is 0 Å². The number of H-pyrrole nitrogens is 1. The van der Waals surface area contributed by atoms with Crippen LogP contribution in [0.3, 0.4) is 0 Å². The number of carboxylic acid groups (broad SMARTS) is 1. The van der Waals surface area contributed by atoms with E-state index in [1.165, 1.54) is 0 Å². The van der Waals surface area contributed by atoms with Gasteiger partial charge in [-0.1, -0.05) is 32.9 Å². The fourth-order valence-electron chi connectivity index (χ4n) is 2.23. The largest absolute Gasteiger partial charge is 0.480 e. The third-order valence-corrected chi connectivity index (χ3v) is 3.51. The van der Waals surface area contributed by atoms with Crippen LogP contribution in [-0.2, 0) is 4.79 Å². The molecule has 0 saturated heterocycles. The Kier molecular flexibility index (Phi) is 4.49. The van der Waals surface area contributed by atoms with Crippen molar-refractivity contribution < 1.29 is 14.7 Å². The summed E-state index contributed by atoms with van der Waals surface area (Å²) in [7, 11) is 0. The Labute approximate surface area is 128 Å². The standard InChI is InChI=1S/C16H21N3O3/c1-16(2,3)8-7-12(15(21)22)18-14(20)11-6-4-5-10-9-17-19-13(10)11/h4-6,9,12H,7-8H2,1-3H3,(H,17,19)(H,18,20)(H,21,22). The van der Waals surface area contributed by atoms with Gasteiger partial charge in [-0.2, -0.15) is 5.10 Å². The number of benzene rings is 1. The maximum absolute atomic E-state index is 12.4. The lowest BCUT2D eigenvalue weighted by atomic mass is 9.88. The molecule has 0 aliphatic heterocycles. The average Bonchev–Trinajstić information content (AvgIpc) is 2.89. The molecule has 2 rings (SSSR count). The van der Waals surface area contributed by atoms with E-state index in [-0.39, 0.29) is 5.41 Å². The van der Waals surface area contributed by atoms with E-state index >= 15 is 0 Å². The van der Waals surface area contributed by atoms with Crippen LogP contribution in [0.2, 0.25) is 0 Å². The van der Waals surface area contributed by atoms with Crippen LogP contribution in [0.15, 0.2) is 24.4 Å². The smallest absolute Gasteiger partial charge is 0.326 e. The molecule has 1 atom stereocenters. The van der Waals surface area contributed by atoms with Gasteiger partial charge < -0.3 is 10.4 Å². The van der Waals surface area contributed by atoms with E-state index in [4.69, 9.17) is 0 Å². The third-order valence-electron chi connectivity index (χ3n) is 3.51. The number of rotatable bonds is 5. The minimum absolute atomic E-state index is 0.0157. The van der Waals surface area contributed by atoms with E-state index in [0.29, 0.717) is 23.9 Å². The molecule has 6 heteroatoms. The summed E-state index contributed by atoms with van der Waals surface area (Å²) in [6.07, 6.45) is 2.72. The number of carboxylic acids is 1. The van der Waals surface area contributed by atoms with E-state index in [1.807, 2.05) is 26.8 Å². The lowest BCUT2D eigenvalue weighted by Crippen LogP contribution is -2.41. The van der Waals surface area contributed by atoms with Crippen LogP contribution in [0.5, 0.6) is 0 Å². The van der Waals surface area contributed by atoms with Crippen molar-refractivity contribution in [3.63, 3.8) is 0 Å². The number of aromatic amines is 1. The van der Waals surface area contributed by atoms with Crippen LogP contribution in [0.4, 0.5) is 0 Å². The van der Waals surface area contributed by atoms with Crippen molar-refractivity contribution >= 4 is 22.8 Å². The number of para-hydroxylation sites is 1. The van der Waals surface area contributed by atoms with Gasteiger partial charge in [-0.15, -0.1) is 0 Å². The van der Waals surface area contributed by atoms with Gasteiger partial charge in [0.25, 0.3) is 5.91 Å². The van der Waals surface area contributed by atoms with Gasteiger partial charge in [0.1, 0.15) is 6.04 Å². The van der Waals surface area contributed by atoms with Gasteiger partial charge in [-0.3, -0.25) is 9.89 Å². The van der Waals surface area contributed by atoms with Crippen LogP contribution < -0.4 is 5.32 Å². The summed E-state index contributed by atoms with van der Waals surface area (Å²) in [6.45, 7) is 6.12. The maximum Gasteiger partial charge on any atom is 0.326 e. The molecule has 0 spiro atoms. The Morgan fingerprint density at radius 2 is 2.09 bits per heavy atom. The molecule has 1 aromatic heterocycles. The quantitative estimate of drug-likeness (QED) is 0.791. The summed E-state index contributed by atoms with van der Waals surface area (Å²) in [6, 6.07) is 4.34. The van der Waals surface area contributed by atoms with Gasteiger partial charge in [0, 0.05) is 5.39 Å². The first-order chi connectivity index (χ1) is 10.3. The molecular formula is C16H21N3O3. The highest BCUT2D eigenvalue weighted by atomic mass is 16.4. The summed E-state index contributed by atoms with van der Waals surface area (Å²) in [5.74, 6) is -1.43. The van der Waals surface area contributed by atoms with E-state index in [9.17, 15) is 14.7 Å². The number of hydrogen-bond acceptors (Lipinski definition) is 3. The number of amides is 1. The van der Waals surface area contributed by atoms with Crippen molar-refractivity contribution in [1.29, 1.82) is 0 Å². The summed E-state index contributed by atoms with van der Waals surface area (Å²) in [4.78, 5) is 23.7. The SMILES string of the molecule is CC(C)(C)CCC(NC(=O)c1cccc2cn[nH]c12)C(=O)O. The molecular weight excluding hydrogens is 282 g/mol. The number of nitrogens with zero attached hydrogens (tertiary/aromatic N) is 1. The van der Waals surface area contributed by atoms with Crippen LogP contribution >= 0.6 is 0 Å². The monoisotopic (exact) mass is 303 g/mol. The van der Waals surface area contributed by atoms with Crippen LogP contribution in [0, 0.1) is 5.41 Å². The van der Waals surface area contributed by atoms with Gasteiger partial charge >= 0.3 is 5.97 Å². The lowest BCUT2D eigenvalue weighted by molar-refractivity contribution is -0.139. The Balaban J connectivity index is 2.14. The molecule has 6 nitrogen and oxygen atoms in total. The van der Waals surface area contributed by atoms with Crippen LogP contribution in [0.25, 0.3) is 10.9 Å². The molecule has 0 bridgehead atoms. The van der Waals surface area contributed by atoms with E-state index < -0.39 is 17.9 Å². The molecule has 1 aromatic carbocycles. The summed E-state index contributed by atoms with van der Waals surface area (Å²) >= 11 is 0. The molecule has 1 unspecified atom stereocenters. The fourth-order valence-corrected chi connectivity index (χ4v) is 2.23. The summed E-state index contributed by atoms with van der Waals surface area (Å²) in [5.41, 5.74) is 1.03. The van der Waals surface area contributed by atoms with Gasteiger partial charge in [-0.25, -0.2) is 4.79 Å². The van der Waals surface area contributed by atoms with Crippen molar-refractivity contribution in [2.45, 2.75) is 39.7 Å². The predicted octanol–water partition coefficient (Wildman–Crippen LogP) is 2.57. The summed E-state index contributed by atoms with van der Waals surface area (Å²) < 4.78 is 0. The van der Waals surface area contributed by atoms with E-state index in [2.05, 4.69) is 15.5 Å². The number of nitrogens with one attached hydrogen (secondary N) is 2. The van der Waals surface area contributed by atoms with Crippen molar-refractivity contribution in [2.24, 2.45) is 5.41 Å². The highest BCUT2D eigenvalue weighted by Gasteiger charge is 2.24. The highest BCUT2D eigenvalue weighted by Crippen LogP contribution is 2.22. The van der Waals surface area contributed by atoms with Crippen LogP contribution in [-0.4, -0.2) is 33.2 Å². The summed E-state index contributed by atoms with van der Waals surface area (Å²) in [5, 5.41) is 19.4.